The molecule has 0 fully saturated rings. The average Bonchev–Trinajstić information content (AvgIpc) is 3.32. The maximum atomic E-state index is 3.71. The molecular weight excluding hydrogens is 552 g/mol. The van der Waals surface area contributed by atoms with Gasteiger partial charge in [-0.3, -0.25) is 0 Å². The summed E-state index contributed by atoms with van der Waals surface area (Å²) >= 11 is 3.71. The molecule has 0 amide bonds. The highest BCUT2D eigenvalue weighted by Crippen LogP contribution is 2.40. The van der Waals surface area contributed by atoms with Crippen LogP contribution in [0.5, 0.6) is 0 Å². The van der Waals surface area contributed by atoms with E-state index >= 15 is 0 Å². The van der Waals surface area contributed by atoms with Gasteiger partial charge in [0, 0.05) is 38.0 Å². The van der Waals surface area contributed by atoms with Gasteiger partial charge in [0.2, 0.25) is 0 Å². The third-order valence-electron chi connectivity index (χ3n) is 7.56. The Bertz CT molecular complexity index is 1920. The van der Waals surface area contributed by atoms with Crippen molar-refractivity contribution < 1.29 is 0 Å². The Kier molecular flexibility index (Phi) is 6.22. The summed E-state index contributed by atoms with van der Waals surface area (Å²) in [6.45, 7) is 2.20. The summed E-state index contributed by atoms with van der Waals surface area (Å²) in [5, 5.41) is 2.48. The molecule has 0 saturated carbocycles. The Morgan fingerprint density at radius 2 is 1.10 bits per heavy atom. The number of halogens is 1. The summed E-state index contributed by atoms with van der Waals surface area (Å²) < 4.78 is 3.44. The quantitative estimate of drug-likeness (QED) is 0.197. The summed E-state index contributed by atoms with van der Waals surface area (Å²) in [6, 6.07) is 52.0. The van der Waals surface area contributed by atoms with Crippen molar-refractivity contribution in [2.45, 2.75) is 6.92 Å². The van der Waals surface area contributed by atoms with E-state index in [4.69, 9.17) is 0 Å². The van der Waals surface area contributed by atoms with Gasteiger partial charge < -0.3 is 9.47 Å². The van der Waals surface area contributed by atoms with Gasteiger partial charge in [-0.05, 0) is 102 Å². The SMILES string of the molecule is Cc1ccc(N(c2ccccc2)c2ccccc2)cc1-c1ccc2c(c1)c1cc(Br)ccc1n2-c1ccccc1. The topological polar surface area (TPSA) is 8.17 Å². The minimum Gasteiger partial charge on any atom is -0.310 e. The first kappa shape index (κ1) is 24.4. The molecule has 0 bridgehead atoms. The molecule has 0 atom stereocenters. The fourth-order valence-electron chi connectivity index (χ4n) is 5.68. The fourth-order valence-corrected chi connectivity index (χ4v) is 6.04. The van der Waals surface area contributed by atoms with Crippen molar-refractivity contribution in [3.63, 3.8) is 0 Å². The standard InChI is InChI=1S/C37H27BrN2/c1-26-17-20-32(39(29-11-5-2-6-12-29)30-13-7-3-8-14-30)25-33(26)27-18-21-36-34(23-27)35-24-28(38)19-22-37(35)40(36)31-15-9-4-10-16-31/h2-25H,1H3. The molecule has 40 heavy (non-hydrogen) atoms. The molecule has 3 heteroatoms. The van der Waals surface area contributed by atoms with Crippen LogP contribution in [0.1, 0.15) is 5.56 Å². The second-order valence-corrected chi connectivity index (χ2v) is 11.0. The number of nitrogens with zero attached hydrogens (tertiary/aromatic N) is 2. The van der Waals surface area contributed by atoms with Crippen LogP contribution in [0.4, 0.5) is 17.1 Å². The Morgan fingerprint density at radius 1 is 0.525 bits per heavy atom. The molecule has 6 aromatic carbocycles. The zero-order valence-electron chi connectivity index (χ0n) is 22.1. The van der Waals surface area contributed by atoms with Gasteiger partial charge >= 0.3 is 0 Å². The first-order chi connectivity index (χ1) is 19.7. The number of aromatic nitrogens is 1. The third kappa shape index (κ3) is 4.29. The molecule has 0 spiro atoms. The zero-order chi connectivity index (χ0) is 27.1. The number of para-hydroxylation sites is 3. The first-order valence-electron chi connectivity index (χ1n) is 13.5. The molecule has 0 aliphatic heterocycles. The lowest BCUT2D eigenvalue weighted by atomic mass is 9.97. The molecule has 0 aliphatic carbocycles. The van der Waals surface area contributed by atoms with Crippen molar-refractivity contribution in [1.82, 2.24) is 4.57 Å². The summed E-state index contributed by atoms with van der Waals surface area (Å²) in [7, 11) is 0. The minimum atomic E-state index is 1.08. The van der Waals surface area contributed by atoms with Gasteiger partial charge in [-0.1, -0.05) is 82.7 Å². The highest BCUT2D eigenvalue weighted by molar-refractivity contribution is 9.10. The average molecular weight is 580 g/mol. The van der Waals surface area contributed by atoms with Gasteiger partial charge in [0.25, 0.3) is 0 Å². The number of benzene rings is 6. The first-order valence-corrected chi connectivity index (χ1v) is 14.3. The lowest BCUT2D eigenvalue weighted by Crippen LogP contribution is -2.10. The number of hydrogen-bond acceptors (Lipinski definition) is 1. The van der Waals surface area contributed by atoms with Crippen molar-refractivity contribution in [3.05, 3.63) is 156 Å². The number of fused-ring (bicyclic) bond motifs is 3. The largest absolute Gasteiger partial charge is 0.310 e. The van der Waals surface area contributed by atoms with Crippen molar-refractivity contribution >= 4 is 54.8 Å². The van der Waals surface area contributed by atoms with Crippen LogP contribution in [-0.4, -0.2) is 4.57 Å². The molecule has 0 aliphatic rings. The molecule has 7 rings (SSSR count). The van der Waals surface area contributed by atoms with E-state index < -0.39 is 0 Å². The maximum Gasteiger partial charge on any atom is 0.0541 e. The molecular formula is C37H27BrN2. The highest BCUT2D eigenvalue weighted by Gasteiger charge is 2.17. The van der Waals surface area contributed by atoms with Crippen LogP contribution in [0.2, 0.25) is 0 Å². The van der Waals surface area contributed by atoms with E-state index in [9.17, 15) is 0 Å². The van der Waals surface area contributed by atoms with Gasteiger partial charge in [-0.2, -0.15) is 0 Å². The predicted octanol–water partition coefficient (Wildman–Crippen LogP) is 11.0. The van der Waals surface area contributed by atoms with Gasteiger partial charge in [0.15, 0.2) is 0 Å². The van der Waals surface area contributed by atoms with Crippen LogP contribution in [0.25, 0.3) is 38.6 Å². The normalized spacial score (nSPS) is 11.2. The Labute approximate surface area is 242 Å². The number of rotatable bonds is 5. The van der Waals surface area contributed by atoms with Gasteiger partial charge in [0.05, 0.1) is 11.0 Å². The van der Waals surface area contributed by atoms with E-state index in [1.807, 2.05) is 0 Å². The molecule has 192 valence electrons. The fraction of sp³-hybridized carbons (Fsp3) is 0.0270. The summed E-state index contributed by atoms with van der Waals surface area (Å²) in [6.07, 6.45) is 0. The highest BCUT2D eigenvalue weighted by atomic mass is 79.9. The monoisotopic (exact) mass is 578 g/mol. The molecule has 0 saturated heterocycles. The molecule has 1 heterocycles. The lowest BCUT2D eigenvalue weighted by molar-refractivity contribution is 1.18. The van der Waals surface area contributed by atoms with Crippen LogP contribution in [0.3, 0.4) is 0 Å². The van der Waals surface area contributed by atoms with E-state index in [1.165, 1.54) is 38.5 Å². The van der Waals surface area contributed by atoms with Crippen molar-refractivity contribution in [1.29, 1.82) is 0 Å². The zero-order valence-corrected chi connectivity index (χ0v) is 23.7. The van der Waals surface area contributed by atoms with Gasteiger partial charge in [-0.25, -0.2) is 0 Å². The number of anilines is 3. The van der Waals surface area contributed by atoms with Crippen LogP contribution in [0.15, 0.2) is 150 Å². The van der Waals surface area contributed by atoms with E-state index in [1.54, 1.807) is 0 Å². The molecule has 2 nitrogen and oxygen atoms in total. The van der Waals surface area contributed by atoms with Crippen LogP contribution >= 0.6 is 15.9 Å². The summed E-state index contributed by atoms with van der Waals surface area (Å²) in [4.78, 5) is 2.32. The van der Waals surface area contributed by atoms with Crippen molar-refractivity contribution in [3.8, 4) is 16.8 Å². The minimum absolute atomic E-state index is 1.08. The molecule has 1 aromatic heterocycles. The third-order valence-corrected chi connectivity index (χ3v) is 8.05. The van der Waals surface area contributed by atoms with E-state index in [0.29, 0.717) is 0 Å². The van der Waals surface area contributed by atoms with E-state index in [2.05, 4.69) is 178 Å². The summed E-state index contributed by atoms with van der Waals surface area (Å²) in [5.41, 5.74) is 10.6. The molecule has 0 radical (unpaired) electrons. The lowest BCUT2D eigenvalue weighted by Gasteiger charge is -2.26. The second-order valence-electron chi connectivity index (χ2n) is 10.1. The van der Waals surface area contributed by atoms with E-state index in [0.717, 1.165) is 27.2 Å². The Morgan fingerprint density at radius 3 is 1.75 bits per heavy atom. The molecule has 0 N–H and O–H groups in total. The summed E-state index contributed by atoms with van der Waals surface area (Å²) in [5.74, 6) is 0. The van der Waals surface area contributed by atoms with E-state index in [-0.39, 0.29) is 0 Å². The van der Waals surface area contributed by atoms with Crippen LogP contribution in [0, 0.1) is 6.92 Å². The van der Waals surface area contributed by atoms with Crippen molar-refractivity contribution in [2.24, 2.45) is 0 Å². The number of aryl methyl sites for hydroxylation is 1. The Hall–Kier alpha value is -4.60. The molecule has 7 aromatic rings. The number of hydrogen-bond donors (Lipinski definition) is 0. The smallest absolute Gasteiger partial charge is 0.0541 e. The predicted molar refractivity (Wildman–Crippen MR) is 173 cm³/mol. The van der Waals surface area contributed by atoms with Crippen molar-refractivity contribution in [2.75, 3.05) is 4.90 Å². The van der Waals surface area contributed by atoms with Crippen LogP contribution in [-0.2, 0) is 0 Å². The van der Waals surface area contributed by atoms with Crippen LogP contribution < -0.4 is 4.90 Å². The second kappa shape index (κ2) is 10.2. The maximum absolute atomic E-state index is 3.71. The molecule has 0 unspecified atom stereocenters. The Balaban J connectivity index is 1.42. The van der Waals surface area contributed by atoms with Gasteiger partial charge in [-0.15, -0.1) is 0 Å². The van der Waals surface area contributed by atoms with Gasteiger partial charge in [0.1, 0.15) is 0 Å².